The van der Waals surface area contributed by atoms with Gasteiger partial charge in [0.1, 0.15) is 5.82 Å². The Morgan fingerprint density at radius 2 is 2.19 bits per heavy atom. The van der Waals surface area contributed by atoms with Crippen LogP contribution in [0.1, 0.15) is 25.3 Å². The number of benzene rings is 1. The summed E-state index contributed by atoms with van der Waals surface area (Å²) in [6, 6.07) is 4.72. The van der Waals surface area contributed by atoms with Crippen molar-refractivity contribution < 1.29 is 9.50 Å². The minimum Gasteiger partial charge on any atom is -0.392 e. The summed E-state index contributed by atoms with van der Waals surface area (Å²) >= 11 is 5.60. The van der Waals surface area contributed by atoms with Crippen molar-refractivity contribution in [3.8, 4) is 0 Å². The Labute approximate surface area is 100 Å². The third-order valence-electron chi connectivity index (χ3n) is 3.40. The quantitative estimate of drug-likeness (QED) is 0.858. The maximum absolute atomic E-state index is 13.2. The van der Waals surface area contributed by atoms with Crippen LogP contribution in [0.5, 0.6) is 0 Å². The molecule has 2 rings (SSSR count). The van der Waals surface area contributed by atoms with Gasteiger partial charge in [-0.15, -0.1) is 0 Å². The molecule has 1 saturated carbocycles. The molecule has 0 bridgehead atoms. The average Bonchev–Trinajstić information content (AvgIpc) is 3.06. The van der Waals surface area contributed by atoms with Crippen LogP contribution in [0.15, 0.2) is 18.2 Å². The number of aliphatic hydroxyl groups is 1. The molecule has 1 nitrogen and oxygen atoms in total. The fraction of sp³-hybridized carbons (Fsp3) is 0.538. The van der Waals surface area contributed by atoms with Crippen LogP contribution >= 0.6 is 11.6 Å². The van der Waals surface area contributed by atoms with Crippen molar-refractivity contribution in [2.24, 2.45) is 11.8 Å². The molecular formula is C13H16ClFO. The highest BCUT2D eigenvalue weighted by Gasteiger charge is 2.32. The largest absolute Gasteiger partial charge is 0.392 e. The Kier molecular flexibility index (Phi) is 3.50. The maximum atomic E-state index is 13.2. The molecule has 3 heteroatoms. The number of hydrogen-bond acceptors (Lipinski definition) is 1. The van der Waals surface area contributed by atoms with Gasteiger partial charge in [0.2, 0.25) is 0 Å². The van der Waals surface area contributed by atoms with Crippen LogP contribution < -0.4 is 0 Å². The summed E-state index contributed by atoms with van der Waals surface area (Å²) in [4.78, 5) is 0. The summed E-state index contributed by atoms with van der Waals surface area (Å²) in [6.45, 7) is 2.06. The molecule has 2 unspecified atom stereocenters. The molecule has 0 saturated heterocycles. The second kappa shape index (κ2) is 4.72. The molecule has 0 aromatic heterocycles. The lowest BCUT2D eigenvalue weighted by molar-refractivity contribution is 0.105. The average molecular weight is 243 g/mol. The Balaban J connectivity index is 1.99. The van der Waals surface area contributed by atoms with Gasteiger partial charge in [-0.1, -0.05) is 24.6 Å². The first kappa shape index (κ1) is 11.9. The topological polar surface area (TPSA) is 20.2 Å². The molecule has 16 heavy (non-hydrogen) atoms. The smallest absolute Gasteiger partial charge is 0.142 e. The van der Waals surface area contributed by atoms with Crippen molar-refractivity contribution in [1.82, 2.24) is 0 Å². The van der Waals surface area contributed by atoms with Gasteiger partial charge in [-0.05, 0) is 48.8 Å². The van der Waals surface area contributed by atoms with Gasteiger partial charge in [0.05, 0.1) is 11.1 Å². The lowest BCUT2D eigenvalue weighted by atomic mass is 9.94. The standard InChI is InChI=1S/C13H16ClFO/c1-8(10-3-4-10)13(16)7-9-2-5-11(14)12(15)6-9/h2,5-6,8,10,13,16H,3-4,7H2,1H3. The van der Waals surface area contributed by atoms with E-state index in [9.17, 15) is 9.50 Å². The minimum atomic E-state index is -0.412. The number of halogens is 2. The zero-order valence-corrected chi connectivity index (χ0v) is 10.0. The van der Waals surface area contributed by atoms with Gasteiger partial charge in [0, 0.05) is 0 Å². The van der Waals surface area contributed by atoms with Crippen molar-refractivity contribution in [3.63, 3.8) is 0 Å². The molecule has 1 N–H and O–H groups in total. The first-order valence-corrected chi connectivity index (χ1v) is 6.07. The maximum Gasteiger partial charge on any atom is 0.142 e. The van der Waals surface area contributed by atoms with Crippen molar-refractivity contribution in [2.45, 2.75) is 32.3 Å². The molecule has 0 aliphatic heterocycles. The molecular weight excluding hydrogens is 227 g/mol. The first-order chi connectivity index (χ1) is 7.58. The van der Waals surface area contributed by atoms with Gasteiger partial charge >= 0.3 is 0 Å². The first-order valence-electron chi connectivity index (χ1n) is 5.70. The fourth-order valence-corrected chi connectivity index (χ4v) is 2.15. The second-order valence-electron chi connectivity index (χ2n) is 4.72. The van der Waals surface area contributed by atoms with E-state index in [2.05, 4.69) is 6.92 Å². The third kappa shape index (κ3) is 2.74. The zero-order chi connectivity index (χ0) is 11.7. The monoisotopic (exact) mass is 242 g/mol. The Morgan fingerprint density at radius 1 is 1.50 bits per heavy atom. The Hall–Kier alpha value is -0.600. The van der Waals surface area contributed by atoms with Gasteiger partial charge in [0.15, 0.2) is 0 Å². The lowest BCUT2D eigenvalue weighted by Gasteiger charge is -2.18. The summed E-state index contributed by atoms with van der Waals surface area (Å²) in [5.41, 5.74) is 0.807. The SMILES string of the molecule is CC(C(O)Cc1ccc(Cl)c(F)c1)C1CC1. The minimum absolute atomic E-state index is 0.133. The molecule has 1 aromatic rings. The highest BCUT2D eigenvalue weighted by Crippen LogP contribution is 2.38. The Morgan fingerprint density at radius 3 is 2.75 bits per heavy atom. The molecule has 2 atom stereocenters. The van der Waals surface area contributed by atoms with Crippen LogP contribution in [0.4, 0.5) is 4.39 Å². The van der Waals surface area contributed by atoms with Gasteiger partial charge in [0.25, 0.3) is 0 Å². The predicted molar refractivity (Wildman–Crippen MR) is 63.0 cm³/mol. The molecule has 0 spiro atoms. The van der Waals surface area contributed by atoms with Crippen molar-refractivity contribution in [3.05, 3.63) is 34.6 Å². The van der Waals surface area contributed by atoms with E-state index in [0.29, 0.717) is 18.3 Å². The number of aliphatic hydroxyl groups excluding tert-OH is 1. The fourth-order valence-electron chi connectivity index (χ4n) is 2.03. The van der Waals surface area contributed by atoms with E-state index in [4.69, 9.17) is 11.6 Å². The number of rotatable bonds is 4. The van der Waals surface area contributed by atoms with Gasteiger partial charge in [-0.25, -0.2) is 4.39 Å². The molecule has 1 aliphatic carbocycles. The Bertz CT molecular complexity index is 376. The van der Waals surface area contributed by atoms with E-state index >= 15 is 0 Å². The van der Waals surface area contributed by atoms with E-state index < -0.39 is 5.82 Å². The van der Waals surface area contributed by atoms with E-state index in [0.717, 1.165) is 5.56 Å². The second-order valence-corrected chi connectivity index (χ2v) is 5.12. The van der Waals surface area contributed by atoms with Crippen LogP contribution in [0.2, 0.25) is 5.02 Å². The molecule has 1 aromatic carbocycles. The lowest BCUT2D eigenvalue weighted by Crippen LogP contribution is -2.21. The van der Waals surface area contributed by atoms with Gasteiger partial charge in [-0.3, -0.25) is 0 Å². The molecule has 1 aliphatic rings. The summed E-state index contributed by atoms with van der Waals surface area (Å²) in [5, 5.41) is 10.1. The van der Waals surface area contributed by atoms with Crippen LogP contribution in [-0.2, 0) is 6.42 Å². The van der Waals surface area contributed by atoms with E-state index in [1.165, 1.54) is 18.9 Å². The highest BCUT2D eigenvalue weighted by atomic mass is 35.5. The van der Waals surface area contributed by atoms with Crippen molar-refractivity contribution >= 4 is 11.6 Å². The summed E-state index contributed by atoms with van der Waals surface area (Å²) in [5.74, 6) is 0.552. The molecule has 1 fully saturated rings. The normalized spacial score (nSPS) is 19.5. The van der Waals surface area contributed by atoms with Crippen LogP contribution in [0, 0.1) is 17.7 Å². The van der Waals surface area contributed by atoms with E-state index in [-0.39, 0.29) is 11.1 Å². The summed E-state index contributed by atoms with van der Waals surface area (Å²) in [7, 11) is 0. The van der Waals surface area contributed by atoms with Crippen LogP contribution in [0.25, 0.3) is 0 Å². The zero-order valence-electron chi connectivity index (χ0n) is 9.29. The summed E-state index contributed by atoms with van der Waals surface area (Å²) in [6.07, 6.45) is 2.56. The van der Waals surface area contributed by atoms with Crippen molar-refractivity contribution in [2.75, 3.05) is 0 Å². The van der Waals surface area contributed by atoms with Crippen LogP contribution in [0.3, 0.4) is 0 Å². The van der Waals surface area contributed by atoms with E-state index in [1.807, 2.05) is 0 Å². The summed E-state index contributed by atoms with van der Waals surface area (Å²) < 4.78 is 13.2. The van der Waals surface area contributed by atoms with Gasteiger partial charge < -0.3 is 5.11 Å². The molecule has 0 heterocycles. The molecule has 0 radical (unpaired) electrons. The third-order valence-corrected chi connectivity index (χ3v) is 3.71. The van der Waals surface area contributed by atoms with Crippen molar-refractivity contribution in [1.29, 1.82) is 0 Å². The van der Waals surface area contributed by atoms with Crippen LogP contribution in [-0.4, -0.2) is 11.2 Å². The highest BCUT2D eigenvalue weighted by molar-refractivity contribution is 6.30. The number of hydrogen-bond donors (Lipinski definition) is 1. The predicted octanol–water partition coefficient (Wildman–Crippen LogP) is 3.43. The van der Waals surface area contributed by atoms with E-state index in [1.54, 1.807) is 12.1 Å². The van der Waals surface area contributed by atoms with Gasteiger partial charge in [-0.2, -0.15) is 0 Å². The molecule has 88 valence electrons. The molecule has 0 amide bonds.